The van der Waals surface area contributed by atoms with Crippen LogP contribution in [0.25, 0.3) is 32.7 Å². The van der Waals surface area contributed by atoms with Crippen LogP contribution in [0.1, 0.15) is 42.5 Å². The van der Waals surface area contributed by atoms with Crippen LogP contribution in [0.4, 0.5) is 4.79 Å². The average molecular weight is 1000 g/mol. The monoisotopic (exact) mass is 999 g/mol. The molecule has 0 aliphatic heterocycles. The first-order chi connectivity index (χ1) is 32.9. The molecule has 69 heavy (non-hydrogen) atoms. The number of alkyl carbamates (subject to hydrolysis) is 1. The maximum Gasteiger partial charge on any atom is 0.407 e. The highest BCUT2D eigenvalue weighted by Gasteiger charge is 2.38. The third kappa shape index (κ3) is 12.2. The van der Waals surface area contributed by atoms with Crippen molar-refractivity contribution in [3.8, 4) is 39.8 Å². The van der Waals surface area contributed by atoms with Gasteiger partial charge in [0.2, 0.25) is 25.9 Å². The molecule has 1 atom stereocenters. The maximum atomic E-state index is 16.1. The van der Waals surface area contributed by atoms with Crippen molar-refractivity contribution in [1.82, 2.24) is 39.5 Å². The van der Waals surface area contributed by atoms with Crippen molar-refractivity contribution >= 4 is 47.7 Å². The Morgan fingerprint density at radius 2 is 1.38 bits per heavy atom. The highest BCUT2D eigenvalue weighted by Crippen LogP contribution is 2.43. The first kappa shape index (κ1) is 50.3. The second kappa shape index (κ2) is 21.4. The molecule has 1 unspecified atom stereocenters. The molecule has 7 aromatic rings. The minimum atomic E-state index is -4.99. The fourth-order valence-electron chi connectivity index (χ4n) is 7.18. The van der Waals surface area contributed by atoms with Crippen LogP contribution in [0.5, 0.6) is 17.2 Å². The number of aliphatic hydroxyl groups is 1. The van der Waals surface area contributed by atoms with Gasteiger partial charge in [-0.1, -0.05) is 54.6 Å². The van der Waals surface area contributed by atoms with Gasteiger partial charge in [0, 0.05) is 38.3 Å². The molecule has 0 saturated carbocycles. The summed E-state index contributed by atoms with van der Waals surface area (Å²) in [5.74, 6) is 1.50. The minimum absolute atomic E-state index is 0.103. The molecule has 5 N–H and O–H groups in total. The zero-order valence-corrected chi connectivity index (χ0v) is 41.2. The number of rotatable bonds is 20. The summed E-state index contributed by atoms with van der Waals surface area (Å²) in [6, 6.07) is 28.8. The predicted molar refractivity (Wildman–Crippen MR) is 260 cm³/mol. The lowest BCUT2D eigenvalue weighted by molar-refractivity contribution is 0.0494. The molecule has 22 heteroatoms. The summed E-state index contributed by atoms with van der Waals surface area (Å²) in [4.78, 5) is 17.1. The third-order valence-corrected chi connectivity index (χ3v) is 15.0. The van der Waals surface area contributed by atoms with E-state index >= 15 is 8.42 Å². The largest absolute Gasteiger partial charge is 0.497 e. The molecule has 0 aliphatic carbocycles. The van der Waals surface area contributed by atoms with Gasteiger partial charge < -0.3 is 35.1 Å². The number of sulfonamides is 2. The number of carbonyl (C=O) groups excluding carboxylic acids is 1. The smallest absolute Gasteiger partial charge is 0.407 e. The first-order valence-corrected chi connectivity index (χ1v) is 25.2. The van der Waals surface area contributed by atoms with Gasteiger partial charge in [-0.25, -0.2) is 31.3 Å². The fourth-order valence-corrected chi connectivity index (χ4v) is 11.5. The number of thiazole rings is 1. The number of methoxy groups -OCH3 is 3. The van der Waals surface area contributed by atoms with E-state index in [2.05, 4.69) is 20.4 Å². The van der Waals surface area contributed by atoms with Crippen LogP contribution in [0.3, 0.4) is 0 Å². The summed E-state index contributed by atoms with van der Waals surface area (Å²) in [5, 5.41) is 27.4. The van der Waals surface area contributed by atoms with Gasteiger partial charge in [0.25, 0.3) is 0 Å². The SMILES string of the molecule is COc1ccc(CN(Cc2ccc(OC)cc2)S(=O)(=O)c2c(S(=O)(=O)NCC(O)CNC(=O)OC(C)(C)C)ccc(-c3cccc4sc(CN)nc34)c2-c2nnn(Cc3ccc(OC)cc3)n2)cc1. The van der Waals surface area contributed by atoms with Gasteiger partial charge in [0.05, 0.1) is 49.8 Å². The highest BCUT2D eigenvalue weighted by molar-refractivity contribution is 7.92. The molecule has 0 spiro atoms. The van der Waals surface area contributed by atoms with Crippen LogP contribution in [0, 0.1) is 0 Å². The number of aromatic nitrogens is 5. The number of amides is 1. The van der Waals surface area contributed by atoms with E-state index in [-0.39, 0.29) is 43.1 Å². The predicted octanol–water partition coefficient (Wildman–Crippen LogP) is 5.70. The molecule has 1 amide bonds. The number of fused-ring (bicyclic) bond motifs is 1. The second-order valence-electron chi connectivity index (χ2n) is 16.6. The van der Waals surface area contributed by atoms with Gasteiger partial charge >= 0.3 is 6.09 Å². The van der Waals surface area contributed by atoms with Crippen molar-refractivity contribution in [3.63, 3.8) is 0 Å². The zero-order valence-electron chi connectivity index (χ0n) is 38.7. The molecule has 0 saturated heterocycles. The van der Waals surface area contributed by atoms with Gasteiger partial charge in [-0.3, -0.25) is 0 Å². The summed E-state index contributed by atoms with van der Waals surface area (Å²) in [7, 11) is -5.28. The normalized spacial score (nSPS) is 12.5. The van der Waals surface area contributed by atoms with E-state index in [0.717, 1.165) is 14.6 Å². The Bertz CT molecular complexity index is 3070. The number of aliphatic hydroxyl groups excluding tert-OH is 1. The molecule has 0 fully saturated rings. The fraction of sp³-hybridized carbons (Fsp3) is 0.298. The van der Waals surface area contributed by atoms with E-state index < -0.39 is 60.7 Å². The van der Waals surface area contributed by atoms with Crippen LogP contribution < -0.4 is 30.0 Å². The van der Waals surface area contributed by atoms with E-state index in [1.807, 2.05) is 18.2 Å². The van der Waals surface area contributed by atoms with Crippen molar-refractivity contribution in [1.29, 1.82) is 0 Å². The Balaban J connectivity index is 1.45. The number of nitrogens with two attached hydrogens (primary N) is 1. The lowest BCUT2D eigenvalue weighted by Crippen LogP contribution is -2.42. The number of hydrogen-bond acceptors (Lipinski definition) is 16. The maximum absolute atomic E-state index is 16.1. The summed E-state index contributed by atoms with van der Waals surface area (Å²) in [6.45, 7) is 3.76. The van der Waals surface area contributed by atoms with Crippen LogP contribution in [-0.4, -0.2) is 104 Å². The summed E-state index contributed by atoms with van der Waals surface area (Å²) >= 11 is 1.36. The van der Waals surface area contributed by atoms with Crippen LogP contribution in [-0.2, 0) is 51.0 Å². The Kier molecular flexibility index (Phi) is 15.6. The number of nitrogens with zero attached hydrogens (tertiary/aromatic N) is 6. The lowest BCUT2D eigenvalue weighted by atomic mass is 9.98. The molecule has 5 aromatic carbocycles. The van der Waals surface area contributed by atoms with Crippen molar-refractivity contribution in [2.24, 2.45) is 5.73 Å². The number of benzene rings is 5. The molecule has 364 valence electrons. The number of tetrazole rings is 1. The number of ether oxygens (including phenoxy) is 4. The lowest BCUT2D eigenvalue weighted by Gasteiger charge is -2.26. The standard InChI is InChI=1S/C47H53N9O10S3/c1-47(2,3)66-46(58)49-25-33(57)26-50-68(59,60)40-23-22-37(38-8-7-9-39-43(38)51-41(24-48)67-39)42(45-52-54-56(53-45)29-32-14-20-36(65-6)21-15-32)44(40)69(61,62)55(27-30-10-16-34(63-4)17-11-30)28-31-12-18-35(64-5)19-13-31/h7-23,33,50,57H,24-29,48H2,1-6H3,(H,49,58). The van der Waals surface area contributed by atoms with Crippen molar-refractivity contribution < 1.29 is 45.7 Å². The summed E-state index contributed by atoms with van der Waals surface area (Å²) < 4.78 is 87.5. The summed E-state index contributed by atoms with van der Waals surface area (Å²) in [6.07, 6.45) is -2.29. The Morgan fingerprint density at radius 3 is 1.93 bits per heavy atom. The quantitative estimate of drug-likeness (QED) is 0.0714. The topological polar surface area (TPSA) is 252 Å². The molecule has 2 heterocycles. The van der Waals surface area contributed by atoms with Crippen LogP contribution in [0.15, 0.2) is 113 Å². The van der Waals surface area contributed by atoms with Gasteiger partial charge in [-0.05, 0) is 96.8 Å². The van der Waals surface area contributed by atoms with E-state index in [4.69, 9.17) is 34.8 Å². The van der Waals surface area contributed by atoms with E-state index in [0.29, 0.717) is 44.5 Å². The third-order valence-electron chi connectivity index (χ3n) is 10.5. The number of para-hydroxylation sites is 1. The molecule has 19 nitrogen and oxygen atoms in total. The average Bonchev–Trinajstić information content (AvgIpc) is 3.99. The van der Waals surface area contributed by atoms with Gasteiger partial charge in [0.1, 0.15) is 37.6 Å². The molecule has 7 rings (SSSR count). The van der Waals surface area contributed by atoms with Gasteiger partial charge in [-0.15, -0.1) is 21.5 Å². The van der Waals surface area contributed by atoms with E-state index in [9.17, 15) is 18.3 Å². The van der Waals surface area contributed by atoms with E-state index in [1.54, 1.807) is 101 Å². The van der Waals surface area contributed by atoms with Crippen molar-refractivity contribution in [3.05, 3.63) is 125 Å². The Morgan fingerprint density at radius 1 is 0.797 bits per heavy atom. The molecular weight excluding hydrogens is 947 g/mol. The number of nitrogens with one attached hydrogen (secondary N) is 2. The highest BCUT2D eigenvalue weighted by atomic mass is 32.2. The first-order valence-electron chi connectivity index (χ1n) is 21.5. The van der Waals surface area contributed by atoms with Crippen molar-refractivity contribution in [2.45, 2.75) is 68.4 Å². The van der Waals surface area contributed by atoms with Crippen LogP contribution >= 0.6 is 11.3 Å². The molecule has 0 aliphatic rings. The zero-order chi connectivity index (χ0) is 49.5. The molecule has 0 radical (unpaired) electrons. The van der Waals surface area contributed by atoms with Crippen LogP contribution in [0.2, 0.25) is 0 Å². The molecular formula is C47H53N9O10S3. The van der Waals surface area contributed by atoms with Crippen molar-refractivity contribution in [2.75, 3.05) is 34.4 Å². The molecule has 2 aromatic heterocycles. The van der Waals surface area contributed by atoms with Gasteiger partial charge in [-0.2, -0.15) is 9.10 Å². The summed E-state index contributed by atoms with van der Waals surface area (Å²) in [5.41, 5.74) is 8.06. The number of hydrogen-bond donors (Lipinski definition) is 4. The Labute approximate surface area is 404 Å². The van der Waals surface area contributed by atoms with Gasteiger partial charge in [0.15, 0.2) is 0 Å². The van der Waals surface area contributed by atoms with E-state index in [1.165, 1.54) is 42.5 Å². The molecule has 0 bridgehead atoms. The minimum Gasteiger partial charge on any atom is -0.497 e. The second-order valence-corrected chi connectivity index (χ2v) is 21.4. The Hall–Kier alpha value is -6.53. The number of carbonyl (C=O) groups is 1.